The van der Waals surface area contributed by atoms with Gasteiger partial charge in [-0.25, -0.2) is 14.2 Å². The fraction of sp³-hybridized carbons (Fsp3) is 0.292. The molecular weight excluding hydrogens is 409 g/mol. The van der Waals surface area contributed by atoms with Crippen LogP contribution in [0.1, 0.15) is 38.9 Å². The van der Waals surface area contributed by atoms with E-state index in [0.717, 1.165) is 23.3 Å². The third-order valence-corrected chi connectivity index (χ3v) is 5.60. The van der Waals surface area contributed by atoms with Crippen LogP contribution in [-0.2, 0) is 13.1 Å². The third-order valence-electron chi connectivity index (χ3n) is 5.60. The van der Waals surface area contributed by atoms with Crippen LogP contribution < -0.4 is 15.7 Å². The molecule has 2 aromatic heterocycles. The molecule has 2 heterocycles. The Kier molecular flexibility index (Phi) is 6.20. The lowest BCUT2D eigenvalue weighted by Crippen LogP contribution is -2.27. The highest BCUT2D eigenvalue weighted by molar-refractivity contribution is 5.72. The molecule has 1 atom stereocenters. The van der Waals surface area contributed by atoms with Crippen LogP contribution in [0.4, 0.5) is 10.3 Å². The highest BCUT2D eigenvalue weighted by Crippen LogP contribution is 2.22. The summed E-state index contributed by atoms with van der Waals surface area (Å²) in [4.78, 5) is 22.4. The van der Waals surface area contributed by atoms with Gasteiger partial charge in [0, 0.05) is 19.6 Å². The van der Waals surface area contributed by atoms with Gasteiger partial charge in [0.15, 0.2) is 5.65 Å². The number of anilines is 1. The van der Waals surface area contributed by atoms with E-state index in [1.807, 2.05) is 44.2 Å². The lowest BCUT2D eigenvalue weighted by atomic mass is 10.2. The second-order valence-electron chi connectivity index (χ2n) is 7.69. The quantitative estimate of drug-likeness (QED) is 0.435. The number of hydrogen-bond donors (Lipinski definition) is 1. The molecule has 0 aliphatic heterocycles. The lowest BCUT2D eigenvalue weighted by Gasteiger charge is -2.10. The maximum Gasteiger partial charge on any atom is 0.330 e. The van der Waals surface area contributed by atoms with E-state index < -0.39 is 0 Å². The summed E-state index contributed by atoms with van der Waals surface area (Å²) in [5.74, 6) is 0.811. The lowest BCUT2D eigenvalue weighted by molar-refractivity contribution is 0.408. The molecule has 4 aromatic rings. The molecule has 0 saturated carbocycles. The number of nitrogens with zero attached hydrogens (tertiary/aromatic N) is 4. The van der Waals surface area contributed by atoms with Crippen molar-refractivity contribution in [1.82, 2.24) is 19.1 Å². The minimum atomic E-state index is -0.292. The minimum absolute atomic E-state index is 0. The van der Waals surface area contributed by atoms with Crippen molar-refractivity contribution >= 4 is 17.1 Å². The van der Waals surface area contributed by atoms with Gasteiger partial charge in [0.1, 0.15) is 17.1 Å². The number of fused-ring (bicyclic) bond motifs is 1. The van der Waals surface area contributed by atoms with Crippen molar-refractivity contribution in [2.24, 2.45) is 0 Å². The van der Waals surface area contributed by atoms with E-state index in [4.69, 9.17) is 4.74 Å². The Morgan fingerprint density at radius 3 is 2.78 bits per heavy atom. The van der Waals surface area contributed by atoms with Gasteiger partial charge in [-0.2, -0.15) is 4.98 Å². The zero-order valence-electron chi connectivity index (χ0n) is 18.4. The summed E-state index contributed by atoms with van der Waals surface area (Å²) in [5.41, 5.74) is 2.75. The SMILES string of the molecule is CCC(C)n1c(=O)n(Cc2ccccc2OC)c2cnc(NCc3cccc(F)c3)nc21.[HH]. The Balaban J connectivity index is 0.00000306. The zero-order valence-corrected chi connectivity index (χ0v) is 18.4. The van der Waals surface area contributed by atoms with Gasteiger partial charge in [-0.15, -0.1) is 0 Å². The molecule has 0 saturated heterocycles. The topological polar surface area (TPSA) is 74.0 Å². The number of halogens is 1. The Bertz CT molecular complexity index is 1300. The van der Waals surface area contributed by atoms with Crippen molar-refractivity contribution in [3.8, 4) is 5.75 Å². The van der Waals surface area contributed by atoms with Gasteiger partial charge in [0.25, 0.3) is 0 Å². The average Bonchev–Trinajstić information content (AvgIpc) is 3.08. The molecule has 1 unspecified atom stereocenters. The van der Waals surface area contributed by atoms with E-state index in [1.165, 1.54) is 12.1 Å². The van der Waals surface area contributed by atoms with Gasteiger partial charge < -0.3 is 10.1 Å². The van der Waals surface area contributed by atoms with Crippen LogP contribution >= 0.6 is 0 Å². The summed E-state index contributed by atoms with van der Waals surface area (Å²) < 4.78 is 22.3. The summed E-state index contributed by atoms with van der Waals surface area (Å²) in [6.45, 7) is 4.75. The van der Waals surface area contributed by atoms with Crippen molar-refractivity contribution in [3.63, 3.8) is 0 Å². The standard InChI is InChI=1S/C24H26FN5O2.H2/c1-4-16(2)30-22-20(29(24(30)31)15-18-9-5-6-11-21(18)32-3)14-27-23(28-22)26-13-17-8-7-10-19(25)12-17;/h5-12,14,16H,4,13,15H2,1-3H3,(H,26,27,28);1H. The third kappa shape index (κ3) is 4.21. The molecule has 0 spiro atoms. The molecule has 32 heavy (non-hydrogen) atoms. The largest absolute Gasteiger partial charge is 0.496 e. The van der Waals surface area contributed by atoms with Crippen LogP contribution in [0.3, 0.4) is 0 Å². The smallest absolute Gasteiger partial charge is 0.330 e. The first-order valence-corrected chi connectivity index (χ1v) is 10.6. The zero-order chi connectivity index (χ0) is 22.7. The first kappa shape index (κ1) is 21.5. The summed E-state index contributed by atoms with van der Waals surface area (Å²) in [6, 6.07) is 13.9. The first-order valence-electron chi connectivity index (χ1n) is 10.6. The van der Waals surface area contributed by atoms with E-state index in [-0.39, 0.29) is 19.0 Å². The summed E-state index contributed by atoms with van der Waals surface area (Å²) in [5, 5.41) is 3.13. The molecule has 0 bridgehead atoms. The summed E-state index contributed by atoms with van der Waals surface area (Å²) in [7, 11) is 1.61. The van der Waals surface area contributed by atoms with E-state index in [2.05, 4.69) is 15.3 Å². The van der Waals surface area contributed by atoms with Crippen LogP contribution in [0, 0.1) is 5.82 Å². The van der Waals surface area contributed by atoms with E-state index in [0.29, 0.717) is 30.2 Å². The Morgan fingerprint density at radius 1 is 1.22 bits per heavy atom. The number of aromatic nitrogens is 4. The van der Waals surface area contributed by atoms with E-state index in [1.54, 1.807) is 28.5 Å². The number of nitrogens with one attached hydrogen (secondary N) is 1. The van der Waals surface area contributed by atoms with Crippen LogP contribution in [0.5, 0.6) is 5.75 Å². The van der Waals surface area contributed by atoms with Gasteiger partial charge >= 0.3 is 5.69 Å². The Labute approximate surface area is 187 Å². The van der Waals surface area contributed by atoms with Crippen LogP contribution in [-0.4, -0.2) is 26.2 Å². The molecular formula is C24H28FN5O2. The van der Waals surface area contributed by atoms with Crippen molar-refractivity contribution in [1.29, 1.82) is 0 Å². The average molecular weight is 438 g/mol. The monoisotopic (exact) mass is 437 g/mol. The van der Waals surface area contributed by atoms with Crippen molar-refractivity contribution in [2.75, 3.05) is 12.4 Å². The first-order chi connectivity index (χ1) is 15.5. The maximum absolute atomic E-state index is 13.5. The van der Waals surface area contributed by atoms with Crippen molar-refractivity contribution in [2.45, 2.75) is 39.4 Å². The molecule has 7 nitrogen and oxygen atoms in total. The number of rotatable bonds is 8. The number of para-hydroxylation sites is 1. The summed E-state index contributed by atoms with van der Waals surface area (Å²) >= 11 is 0. The second kappa shape index (κ2) is 9.21. The minimum Gasteiger partial charge on any atom is -0.496 e. The normalized spacial score (nSPS) is 12.1. The Morgan fingerprint density at radius 2 is 2.03 bits per heavy atom. The van der Waals surface area contributed by atoms with Crippen LogP contribution in [0.25, 0.3) is 11.2 Å². The molecule has 0 aliphatic rings. The molecule has 0 radical (unpaired) electrons. The molecule has 0 amide bonds. The fourth-order valence-corrected chi connectivity index (χ4v) is 3.71. The number of imidazole rings is 1. The Hall–Kier alpha value is -3.68. The molecule has 8 heteroatoms. The van der Waals surface area contributed by atoms with Crippen molar-refractivity contribution in [3.05, 3.63) is 82.2 Å². The van der Waals surface area contributed by atoms with Crippen LogP contribution in [0.2, 0.25) is 0 Å². The predicted octanol–water partition coefficient (Wildman–Crippen LogP) is 4.62. The van der Waals surface area contributed by atoms with E-state index >= 15 is 0 Å². The molecule has 0 fully saturated rings. The highest BCUT2D eigenvalue weighted by atomic mass is 19.1. The van der Waals surface area contributed by atoms with Gasteiger partial charge in [0.2, 0.25) is 5.95 Å². The number of hydrogen-bond acceptors (Lipinski definition) is 5. The fourth-order valence-electron chi connectivity index (χ4n) is 3.71. The maximum atomic E-state index is 13.5. The molecule has 0 aliphatic carbocycles. The predicted molar refractivity (Wildman–Crippen MR) is 125 cm³/mol. The van der Waals surface area contributed by atoms with E-state index in [9.17, 15) is 9.18 Å². The van der Waals surface area contributed by atoms with Gasteiger partial charge in [0.05, 0.1) is 19.9 Å². The second-order valence-corrected chi connectivity index (χ2v) is 7.69. The molecule has 2 aromatic carbocycles. The molecule has 4 rings (SSSR count). The molecule has 1 N–H and O–H groups in total. The number of benzene rings is 2. The van der Waals surface area contributed by atoms with Crippen LogP contribution in [0.15, 0.2) is 59.5 Å². The van der Waals surface area contributed by atoms with Gasteiger partial charge in [-0.05, 0) is 37.1 Å². The number of methoxy groups -OCH3 is 1. The highest BCUT2D eigenvalue weighted by Gasteiger charge is 2.20. The van der Waals surface area contributed by atoms with Gasteiger partial charge in [-0.1, -0.05) is 37.3 Å². The summed E-state index contributed by atoms with van der Waals surface area (Å²) in [6.07, 6.45) is 2.44. The van der Waals surface area contributed by atoms with Crippen molar-refractivity contribution < 1.29 is 10.6 Å². The number of ether oxygens (including phenoxy) is 1. The van der Waals surface area contributed by atoms with Gasteiger partial charge in [-0.3, -0.25) is 9.13 Å². The molecule has 168 valence electrons.